The summed E-state index contributed by atoms with van der Waals surface area (Å²) in [6.45, 7) is 12.9. The molecule has 1 N–H and O–H groups in total. The van der Waals surface area contributed by atoms with Gasteiger partial charge in [-0.15, -0.1) is 0 Å². The SMILES string of the molecule is CC.COC(=O)c1nc(N2CCNC(C)(C)C2)ccc1C. The van der Waals surface area contributed by atoms with Crippen LogP contribution in [0.25, 0.3) is 0 Å². The predicted octanol–water partition coefficient (Wildman–Crippen LogP) is 2.39. The van der Waals surface area contributed by atoms with Gasteiger partial charge in [-0.1, -0.05) is 19.9 Å². The lowest BCUT2D eigenvalue weighted by molar-refractivity contribution is 0.0593. The molecule has 5 nitrogen and oxygen atoms in total. The summed E-state index contributed by atoms with van der Waals surface area (Å²) >= 11 is 0. The fourth-order valence-electron chi connectivity index (χ4n) is 2.33. The van der Waals surface area contributed by atoms with E-state index in [4.69, 9.17) is 4.74 Å². The molecule has 2 heterocycles. The molecule has 2 rings (SSSR count). The van der Waals surface area contributed by atoms with Gasteiger partial charge in [-0.2, -0.15) is 0 Å². The Hall–Kier alpha value is -1.62. The number of carbonyl (C=O) groups excluding carboxylic acids is 1. The molecule has 0 spiro atoms. The van der Waals surface area contributed by atoms with Crippen molar-refractivity contribution in [3.63, 3.8) is 0 Å². The Kier molecular flexibility index (Phi) is 6.15. The standard InChI is InChI=1S/C14H21N3O2.C2H6/c1-10-5-6-11(16-12(10)13(18)19-4)17-8-7-15-14(2,3)9-17;1-2/h5-6,15H,7-9H2,1-4H3;1-2H3. The van der Waals surface area contributed by atoms with Gasteiger partial charge in [0.15, 0.2) is 5.69 Å². The fourth-order valence-corrected chi connectivity index (χ4v) is 2.33. The maximum absolute atomic E-state index is 11.7. The van der Waals surface area contributed by atoms with E-state index < -0.39 is 0 Å². The number of aryl methyl sites for hydroxylation is 1. The number of piperazine rings is 1. The normalized spacial score (nSPS) is 16.8. The van der Waals surface area contributed by atoms with Crippen LogP contribution in [0.15, 0.2) is 12.1 Å². The van der Waals surface area contributed by atoms with Gasteiger partial charge in [0, 0.05) is 25.2 Å². The number of nitrogens with zero attached hydrogens (tertiary/aromatic N) is 2. The number of methoxy groups -OCH3 is 1. The summed E-state index contributed by atoms with van der Waals surface area (Å²) in [5.41, 5.74) is 1.29. The van der Waals surface area contributed by atoms with Crippen molar-refractivity contribution in [2.24, 2.45) is 0 Å². The van der Waals surface area contributed by atoms with Gasteiger partial charge in [-0.05, 0) is 32.4 Å². The lowest BCUT2D eigenvalue weighted by Crippen LogP contribution is -2.57. The molecule has 1 aromatic rings. The lowest BCUT2D eigenvalue weighted by Gasteiger charge is -2.39. The number of anilines is 1. The van der Waals surface area contributed by atoms with E-state index in [1.54, 1.807) is 0 Å². The Morgan fingerprint density at radius 3 is 2.62 bits per heavy atom. The van der Waals surface area contributed by atoms with Gasteiger partial charge in [0.25, 0.3) is 0 Å². The van der Waals surface area contributed by atoms with Crippen molar-refractivity contribution in [2.45, 2.75) is 40.2 Å². The van der Waals surface area contributed by atoms with Crippen LogP contribution in [-0.4, -0.2) is 43.2 Å². The molecule has 0 amide bonds. The zero-order chi connectivity index (χ0) is 16.0. The van der Waals surface area contributed by atoms with E-state index in [-0.39, 0.29) is 11.5 Å². The molecule has 21 heavy (non-hydrogen) atoms. The predicted molar refractivity (Wildman–Crippen MR) is 86.0 cm³/mol. The monoisotopic (exact) mass is 293 g/mol. The molecule has 1 saturated heterocycles. The quantitative estimate of drug-likeness (QED) is 0.849. The maximum atomic E-state index is 11.7. The highest BCUT2D eigenvalue weighted by Crippen LogP contribution is 2.20. The van der Waals surface area contributed by atoms with Crippen LogP contribution in [0.3, 0.4) is 0 Å². The zero-order valence-electron chi connectivity index (χ0n) is 14.0. The number of hydrogen-bond donors (Lipinski definition) is 1. The Morgan fingerprint density at radius 1 is 1.38 bits per heavy atom. The first kappa shape index (κ1) is 17.4. The molecule has 1 aliphatic heterocycles. The maximum Gasteiger partial charge on any atom is 0.357 e. The molecule has 5 heteroatoms. The topological polar surface area (TPSA) is 54.5 Å². The second-order valence-corrected chi connectivity index (χ2v) is 5.56. The molecule has 1 aromatic heterocycles. The van der Waals surface area contributed by atoms with Crippen molar-refractivity contribution in [3.8, 4) is 0 Å². The minimum atomic E-state index is -0.381. The van der Waals surface area contributed by atoms with Gasteiger partial charge in [0.1, 0.15) is 5.82 Å². The smallest absolute Gasteiger partial charge is 0.357 e. The molecule has 0 aliphatic carbocycles. The van der Waals surface area contributed by atoms with Gasteiger partial charge in [0.2, 0.25) is 0 Å². The number of hydrogen-bond acceptors (Lipinski definition) is 5. The average molecular weight is 293 g/mol. The minimum absolute atomic E-state index is 0.0518. The van der Waals surface area contributed by atoms with Crippen molar-refractivity contribution >= 4 is 11.8 Å². The summed E-state index contributed by atoms with van der Waals surface area (Å²) in [7, 11) is 1.38. The van der Waals surface area contributed by atoms with E-state index >= 15 is 0 Å². The largest absolute Gasteiger partial charge is 0.464 e. The van der Waals surface area contributed by atoms with Gasteiger partial charge in [-0.25, -0.2) is 9.78 Å². The molecule has 1 aliphatic rings. The number of ether oxygens (including phenoxy) is 1. The van der Waals surface area contributed by atoms with Gasteiger partial charge in [0.05, 0.1) is 7.11 Å². The molecule has 0 unspecified atom stereocenters. The van der Waals surface area contributed by atoms with Crippen LogP contribution in [-0.2, 0) is 4.74 Å². The molecule has 118 valence electrons. The van der Waals surface area contributed by atoms with Gasteiger partial charge >= 0.3 is 5.97 Å². The Bertz CT molecular complexity index is 486. The molecule has 1 fully saturated rings. The van der Waals surface area contributed by atoms with Gasteiger partial charge < -0.3 is 15.0 Å². The molecule has 0 radical (unpaired) electrons. The summed E-state index contributed by atoms with van der Waals surface area (Å²) in [4.78, 5) is 18.3. The number of carbonyl (C=O) groups is 1. The van der Waals surface area contributed by atoms with Crippen LogP contribution in [0.2, 0.25) is 0 Å². The average Bonchev–Trinajstić information content (AvgIpc) is 2.48. The lowest BCUT2D eigenvalue weighted by atomic mass is 10.0. The molecule has 0 aromatic carbocycles. The number of pyridine rings is 1. The number of rotatable bonds is 2. The highest BCUT2D eigenvalue weighted by Gasteiger charge is 2.27. The Balaban J connectivity index is 0.00000106. The van der Waals surface area contributed by atoms with Crippen molar-refractivity contribution in [3.05, 3.63) is 23.4 Å². The molecular weight excluding hydrogens is 266 g/mol. The minimum Gasteiger partial charge on any atom is -0.464 e. The van der Waals surface area contributed by atoms with E-state index in [9.17, 15) is 4.79 Å². The first-order valence-electron chi connectivity index (χ1n) is 7.49. The summed E-state index contributed by atoms with van der Waals surface area (Å²) in [5.74, 6) is 0.453. The Labute approximate surface area is 127 Å². The molecule has 0 saturated carbocycles. The van der Waals surface area contributed by atoms with Crippen LogP contribution < -0.4 is 10.2 Å². The van der Waals surface area contributed by atoms with Crippen LogP contribution in [0.4, 0.5) is 5.82 Å². The number of nitrogens with one attached hydrogen (secondary N) is 1. The number of aromatic nitrogens is 1. The Morgan fingerprint density at radius 2 is 2.05 bits per heavy atom. The second-order valence-electron chi connectivity index (χ2n) is 5.56. The third-order valence-electron chi connectivity index (χ3n) is 3.36. The highest BCUT2D eigenvalue weighted by molar-refractivity contribution is 5.89. The van der Waals surface area contributed by atoms with E-state index in [0.29, 0.717) is 5.69 Å². The zero-order valence-corrected chi connectivity index (χ0v) is 14.0. The second kappa shape index (κ2) is 7.41. The van der Waals surface area contributed by atoms with Gasteiger partial charge in [-0.3, -0.25) is 0 Å². The van der Waals surface area contributed by atoms with Crippen molar-refractivity contribution < 1.29 is 9.53 Å². The van der Waals surface area contributed by atoms with E-state index in [1.165, 1.54) is 7.11 Å². The molecule has 0 atom stereocenters. The van der Waals surface area contributed by atoms with E-state index in [0.717, 1.165) is 31.0 Å². The van der Waals surface area contributed by atoms with E-state index in [1.807, 2.05) is 32.9 Å². The third kappa shape index (κ3) is 4.43. The van der Waals surface area contributed by atoms with Crippen molar-refractivity contribution in [1.82, 2.24) is 10.3 Å². The van der Waals surface area contributed by atoms with Crippen LogP contribution >= 0.6 is 0 Å². The van der Waals surface area contributed by atoms with Crippen LogP contribution in [0.1, 0.15) is 43.7 Å². The molecular formula is C16H27N3O2. The summed E-state index contributed by atoms with van der Waals surface area (Å²) in [5, 5.41) is 3.46. The first-order valence-corrected chi connectivity index (χ1v) is 7.49. The third-order valence-corrected chi connectivity index (χ3v) is 3.36. The first-order chi connectivity index (χ1) is 9.93. The van der Waals surface area contributed by atoms with Crippen molar-refractivity contribution in [1.29, 1.82) is 0 Å². The summed E-state index contributed by atoms with van der Waals surface area (Å²) in [6.07, 6.45) is 0. The fraction of sp³-hybridized carbons (Fsp3) is 0.625. The van der Waals surface area contributed by atoms with E-state index in [2.05, 4.69) is 29.0 Å². The highest BCUT2D eigenvalue weighted by atomic mass is 16.5. The van der Waals surface area contributed by atoms with Crippen LogP contribution in [0, 0.1) is 6.92 Å². The number of esters is 1. The summed E-state index contributed by atoms with van der Waals surface area (Å²) in [6, 6.07) is 3.88. The van der Waals surface area contributed by atoms with Crippen LogP contribution in [0.5, 0.6) is 0 Å². The van der Waals surface area contributed by atoms with Crippen molar-refractivity contribution in [2.75, 3.05) is 31.6 Å². The molecule has 0 bridgehead atoms. The summed E-state index contributed by atoms with van der Waals surface area (Å²) < 4.78 is 4.77.